The average molecular weight is 382 g/mol. The first-order valence-electron chi connectivity index (χ1n) is 5.83. The van der Waals surface area contributed by atoms with Crippen molar-refractivity contribution in [1.82, 2.24) is 4.90 Å². The van der Waals surface area contributed by atoms with Crippen LogP contribution in [0.1, 0.15) is 10.4 Å². The molecule has 1 unspecified atom stereocenters. The average Bonchev–Trinajstić information content (AvgIpc) is 2.37. The van der Waals surface area contributed by atoms with E-state index < -0.39 is 26.9 Å². The Bertz CT molecular complexity index is 636. The van der Waals surface area contributed by atoms with Gasteiger partial charge in [-0.15, -0.1) is 0 Å². The van der Waals surface area contributed by atoms with Crippen LogP contribution in [0.15, 0.2) is 22.7 Å². The lowest BCUT2D eigenvalue weighted by Gasteiger charge is -2.34. The van der Waals surface area contributed by atoms with Gasteiger partial charge in [0.15, 0.2) is 9.84 Å². The zero-order chi connectivity index (χ0) is 14.9. The molecule has 20 heavy (non-hydrogen) atoms. The van der Waals surface area contributed by atoms with E-state index in [0.29, 0.717) is 22.5 Å². The Labute approximate surface area is 129 Å². The van der Waals surface area contributed by atoms with Crippen molar-refractivity contribution in [1.29, 1.82) is 0 Å². The lowest BCUT2D eigenvalue weighted by Crippen LogP contribution is -2.50. The van der Waals surface area contributed by atoms with E-state index in [2.05, 4.69) is 15.9 Å². The lowest BCUT2D eigenvalue weighted by molar-refractivity contribution is 0.0745. The van der Waals surface area contributed by atoms with Gasteiger partial charge in [0.2, 0.25) is 0 Å². The van der Waals surface area contributed by atoms with Crippen LogP contribution in [0, 0.1) is 5.82 Å². The number of hydrogen-bond acceptors (Lipinski definition) is 4. The highest BCUT2D eigenvalue weighted by Crippen LogP contribution is 2.24. The quantitative estimate of drug-likeness (QED) is 0.787. The predicted molar refractivity (Wildman–Crippen MR) is 81.1 cm³/mol. The molecule has 1 atom stereocenters. The number of sulfone groups is 1. The van der Waals surface area contributed by atoms with Crippen molar-refractivity contribution in [3.63, 3.8) is 0 Å². The van der Waals surface area contributed by atoms with Gasteiger partial charge in [-0.3, -0.25) is 4.79 Å². The highest BCUT2D eigenvalue weighted by molar-refractivity contribution is 9.10. The first-order valence-corrected chi connectivity index (χ1v) is 9.73. The summed E-state index contributed by atoms with van der Waals surface area (Å²) in [7, 11) is -3.40. The molecule has 0 spiro atoms. The van der Waals surface area contributed by atoms with Crippen LogP contribution in [0.25, 0.3) is 0 Å². The summed E-state index contributed by atoms with van der Waals surface area (Å²) in [6, 6.07) is 4.12. The Morgan fingerprint density at radius 1 is 1.50 bits per heavy atom. The van der Waals surface area contributed by atoms with Crippen LogP contribution in [0.5, 0.6) is 0 Å². The second kappa shape index (κ2) is 6.03. The summed E-state index contributed by atoms with van der Waals surface area (Å²) in [5.74, 6) is -0.265. The fourth-order valence-electron chi connectivity index (χ4n) is 1.99. The molecular weight excluding hydrogens is 369 g/mol. The van der Waals surface area contributed by atoms with E-state index in [1.165, 1.54) is 28.8 Å². The van der Waals surface area contributed by atoms with Crippen LogP contribution < -0.4 is 0 Å². The van der Waals surface area contributed by atoms with Crippen molar-refractivity contribution in [3.05, 3.63) is 34.1 Å². The number of carbonyl (C=O) groups is 1. The van der Waals surface area contributed by atoms with E-state index >= 15 is 0 Å². The van der Waals surface area contributed by atoms with Gasteiger partial charge in [0.1, 0.15) is 11.2 Å². The molecule has 1 aromatic carbocycles. The van der Waals surface area contributed by atoms with Crippen molar-refractivity contribution in [2.75, 3.05) is 24.3 Å². The highest BCUT2D eigenvalue weighted by atomic mass is 79.9. The molecule has 1 heterocycles. The van der Waals surface area contributed by atoms with Crippen molar-refractivity contribution in [3.8, 4) is 0 Å². The maximum absolute atomic E-state index is 13.8. The number of carbonyl (C=O) groups excluding carboxylic acids is 1. The maximum Gasteiger partial charge on any atom is 0.257 e. The summed E-state index contributed by atoms with van der Waals surface area (Å²) >= 11 is 4.60. The fraction of sp³-hybridized carbons (Fsp3) is 0.417. The topological polar surface area (TPSA) is 54.5 Å². The number of halogens is 2. The van der Waals surface area contributed by atoms with Crippen molar-refractivity contribution in [2.24, 2.45) is 0 Å². The van der Waals surface area contributed by atoms with Gasteiger partial charge in [-0.05, 0) is 18.2 Å². The Hall–Kier alpha value is -0.600. The summed E-state index contributed by atoms with van der Waals surface area (Å²) in [5, 5.41) is -0.892. The summed E-state index contributed by atoms with van der Waals surface area (Å²) in [5.41, 5.74) is -0.103. The van der Waals surface area contributed by atoms with Crippen LogP contribution in [0.4, 0.5) is 4.39 Å². The van der Waals surface area contributed by atoms with Crippen LogP contribution in [0.2, 0.25) is 0 Å². The number of benzene rings is 1. The van der Waals surface area contributed by atoms with Gasteiger partial charge >= 0.3 is 0 Å². The monoisotopic (exact) mass is 381 g/mol. The third kappa shape index (κ3) is 3.35. The fourth-order valence-corrected chi connectivity index (χ4v) is 5.13. The van der Waals surface area contributed by atoms with E-state index in [1.54, 1.807) is 6.07 Å². The Morgan fingerprint density at radius 3 is 2.80 bits per heavy atom. The molecule has 1 amide bonds. The third-order valence-corrected chi connectivity index (χ3v) is 6.14. The number of amides is 1. The molecular formula is C12H13BrFNO3S2. The van der Waals surface area contributed by atoms with Crippen LogP contribution >= 0.6 is 27.7 Å². The number of nitrogens with zero attached hydrogens (tertiary/aromatic N) is 1. The molecule has 1 aliphatic rings. The second-order valence-corrected chi connectivity index (χ2v) is 8.75. The summed E-state index contributed by atoms with van der Waals surface area (Å²) in [6.45, 7) is 0.302. The van der Waals surface area contributed by atoms with Gasteiger partial charge in [0.25, 0.3) is 5.91 Å². The van der Waals surface area contributed by atoms with E-state index in [4.69, 9.17) is 0 Å². The normalized spacial score (nSPS) is 19.9. The van der Waals surface area contributed by atoms with Crippen LogP contribution in [-0.2, 0) is 9.84 Å². The zero-order valence-electron chi connectivity index (χ0n) is 10.7. The molecule has 0 aliphatic carbocycles. The van der Waals surface area contributed by atoms with Crippen LogP contribution in [0.3, 0.4) is 0 Å². The zero-order valence-corrected chi connectivity index (χ0v) is 13.9. The van der Waals surface area contributed by atoms with Crippen LogP contribution in [-0.4, -0.2) is 48.9 Å². The van der Waals surface area contributed by atoms with Gasteiger partial charge < -0.3 is 4.90 Å². The minimum absolute atomic E-state index is 0.103. The second-order valence-electron chi connectivity index (χ2n) is 4.48. The molecule has 1 aliphatic heterocycles. The van der Waals surface area contributed by atoms with E-state index in [-0.39, 0.29) is 5.56 Å². The minimum Gasteiger partial charge on any atom is -0.320 e. The first kappa shape index (κ1) is 15.8. The summed E-state index contributed by atoms with van der Waals surface area (Å²) < 4.78 is 37.9. The first-order chi connectivity index (χ1) is 9.30. The molecule has 0 radical (unpaired) electrons. The minimum atomic E-state index is -3.40. The molecule has 0 N–H and O–H groups in total. The Kier molecular flexibility index (Phi) is 4.76. The molecule has 2 rings (SSSR count). The molecule has 0 aromatic heterocycles. The van der Waals surface area contributed by atoms with Gasteiger partial charge in [0.05, 0.1) is 5.56 Å². The summed E-state index contributed by atoms with van der Waals surface area (Å²) in [6.07, 6.45) is 1.10. The molecule has 1 saturated heterocycles. The Morgan fingerprint density at radius 2 is 2.20 bits per heavy atom. The van der Waals surface area contributed by atoms with Crippen molar-refractivity contribution >= 4 is 43.4 Å². The molecule has 0 saturated carbocycles. The summed E-state index contributed by atoms with van der Waals surface area (Å²) in [4.78, 5) is 13.6. The standard InChI is InChI=1S/C12H13BrFNO3S2/c1-20(17,18)11-7-19-5-4-15(11)12(16)9-3-2-8(13)6-10(9)14/h2-3,6,11H,4-5,7H2,1H3. The number of thioether (sulfide) groups is 1. The van der Waals surface area contributed by atoms with Gasteiger partial charge in [-0.25, -0.2) is 12.8 Å². The van der Waals surface area contributed by atoms with Crippen molar-refractivity contribution < 1.29 is 17.6 Å². The van der Waals surface area contributed by atoms with Crippen molar-refractivity contribution in [2.45, 2.75) is 5.37 Å². The number of hydrogen-bond donors (Lipinski definition) is 0. The molecule has 1 fully saturated rings. The maximum atomic E-state index is 13.8. The number of rotatable bonds is 2. The third-order valence-electron chi connectivity index (χ3n) is 3.00. The molecule has 1 aromatic rings. The smallest absolute Gasteiger partial charge is 0.257 e. The molecule has 8 heteroatoms. The van der Waals surface area contributed by atoms with Gasteiger partial charge in [0, 0.05) is 28.8 Å². The van der Waals surface area contributed by atoms with Gasteiger partial charge in [-0.2, -0.15) is 11.8 Å². The SMILES string of the molecule is CS(=O)(=O)C1CSCCN1C(=O)c1ccc(Br)cc1F. The van der Waals surface area contributed by atoms with E-state index in [0.717, 1.165) is 6.26 Å². The van der Waals surface area contributed by atoms with Gasteiger partial charge in [-0.1, -0.05) is 15.9 Å². The Balaban J connectivity index is 2.35. The van der Waals surface area contributed by atoms with E-state index in [1.807, 2.05) is 0 Å². The predicted octanol–water partition coefficient (Wildman–Crippen LogP) is 2.15. The highest BCUT2D eigenvalue weighted by Gasteiger charge is 2.35. The molecule has 4 nitrogen and oxygen atoms in total. The van der Waals surface area contributed by atoms with E-state index in [9.17, 15) is 17.6 Å². The lowest BCUT2D eigenvalue weighted by atomic mass is 10.2. The molecule has 110 valence electrons. The molecule has 0 bridgehead atoms. The largest absolute Gasteiger partial charge is 0.320 e.